The highest BCUT2D eigenvalue weighted by Gasteiger charge is 2.24. The van der Waals surface area contributed by atoms with Crippen molar-refractivity contribution in [2.45, 2.75) is 31.9 Å². The molecule has 7 heteroatoms. The topological polar surface area (TPSA) is 67.4 Å². The Balaban J connectivity index is 1.61. The highest BCUT2D eigenvalue weighted by atomic mass is 35.5. The molecule has 0 aliphatic heterocycles. The van der Waals surface area contributed by atoms with Crippen LogP contribution in [0.1, 0.15) is 30.1 Å². The summed E-state index contributed by atoms with van der Waals surface area (Å²) in [6, 6.07) is 11.9. The van der Waals surface area contributed by atoms with Gasteiger partial charge in [-0.3, -0.25) is 9.59 Å². The van der Waals surface area contributed by atoms with Gasteiger partial charge in [-0.1, -0.05) is 29.3 Å². The molecule has 5 nitrogen and oxygen atoms in total. The molecule has 1 unspecified atom stereocenters. The van der Waals surface area contributed by atoms with Crippen molar-refractivity contribution < 1.29 is 14.3 Å². The van der Waals surface area contributed by atoms with Crippen molar-refractivity contribution in [1.82, 2.24) is 5.32 Å². The first kappa shape index (κ1) is 18.5. The van der Waals surface area contributed by atoms with Crippen LogP contribution in [0.25, 0.3) is 0 Å². The van der Waals surface area contributed by atoms with Gasteiger partial charge in [-0.25, -0.2) is 0 Å². The molecule has 1 aliphatic carbocycles. The van der Waals surface area contributed by atoms with E-state index in [9.17, 15) is 9.59 Å². The molecule has 1 aliphatic rings. The summed E-state index contributed by atoms with van der Waals surface area (Å²) >= 11 is 11.8. The van der Waals surface area contributed by atoms with Gasteiger partial charge in [0.2, 0.25) is 0 Å². The molecule has 1 atom stereocenters. The van der Waals surface area contributed by atoms with Crippen LogP contribution in [0.5, 0.6) is 5.75 Å². The van der Waals surface area contributed by atoms with Gasteiger partial charge in [0.25, 0.3) is 11.8 Å². The second-order valence-electron chi connectivity index (χ2n) is 6.15. The molecule has 26 heavy (non-hydrogen) atoms. The van der Waals surface area contributed by atoms with Gasteiger partial charge in [0, 0.05) is 23.4 Å². The number of anilines is 1. The first-order valence-electron chi connectivity index (χ1n) is 8.26. The normalized spacial score (nSPS) is 14.4. The Labute approximate surface area is 161 Å². The second kappa shape index (κ2) is 7.98. The number of amides is 2. The summed E-state index contributed by atoms with van der Waals surface area (Å²) in [5.74, 6) is -0.0286. The summed E-state index contributed by atoms with van der Waals surface area (Å²) in [5, 5.41) is 6.43. The smallest absolute Gasteiger partial charge is 0.265 e. The lowest BCUT2D eigenvalue weighted by molar-refractivity contribution is -0.122. The number of benzene rings is 2. The van der Waals surface area contributed by atoms with E-state index in [-0.39, 0.29) is 17.9 Å². The van der Waals surface area contributed by atoms with E-state index >= 15 is 0 Å². The third-order valence-corrected chi connectivity index (χ3v) is 4.62. The summed E-state index contributed by atoms with van der Waals surface area (Å²) in [7, 11) is 0. The van der Waals surface area contributed by atoms with E-state index in [2.05, 4.69) is 10.6 Å². The maximum Gasteiger partial charge on any atom is 0.265 e. The molecule has 1 fully saturated rings. The molecule has 2 amide bonds. The van der Waals surface area contributed by atoms with Crippen molar-refractivity contribution in [2.24, 2.45) is 0 Å². The Bertz CT molecular complexity index is 837. The van der Waals surface area contributed by atoms with E-state index in [4.69, 9.17) is 27.9 Å². The minimum absolute atomic E-state index is 0.135. The van der Waals surface area contributed by atoms with E-state index < -0.39 is 6.10 Å². The van der Waals surface area contributed by atoms with Crippen LogP contribution in [0.2, 0.25) is 10.0 Å². The Kier molecular flexibility index (Phi) is 5.69. The highest BCUT2D eigenvalue weighted by Crippen LogP contribution is 2.27. The van der Waals surface area contributed by atoms with Gasteiger partial charge in [-0.2, -0.15) is 0 Å². The molecular formula is C19H18Cl2N2O3. The zero-order valence-corrected chi connectivity index (χ0v) is 15.6. The lowest BCUT2D eigenvalue weighted by Gasteiger charge is -2.15. The Hall–Kier alpha value is -2.24. The van der Waals surface area contributed by atoms with Crippen molar-refractivity contribution >= 4 is 40.7 Å². The lowest BCUT2D eigenvalue weighted by atomic mass is 10.2. The van der Waals surface area contributed by atoms with E-state index in [1.54, 1.807) is 49.4 Å². The van der Waals surface area contributed by atoms with Crippen LogP contribution in [-0.2, 0) is 4.79 Å². The largest absolute Gasteiger partial charge is 0.481 e. The fourth-order valence-corrected chi connectivity index (χ4v) is 2.57. The first-order chi connectivity index (χ1) is 12.4. The number of nitrogens with one attached hydrogen (secondary N) is 2. The van der Waals surface area contributed by atoms with Gasteiger partial charge in [-0.15, -0.1) is 0 Å². The van der Waals surface area contributed by atoms with Crippen LogP contribution in [0.3, 0.4) is 0 Å². The van der Waals surface area contributed by atoms with E-state index in [0.717, 1.165) is 12.8 Å². The molecule has 2 aromatic rings. The molecule has 0 aromatic heterocycles. The van der Waals surface area contributed by atoms with Crippen LogP contribution in [-0.4, -0.2) is 24.0 Å². The van der Waals surface area contributed by atoms with Gasteiger partial charge >= 0.3 is 0 Å². The Morgan fingerprint density at radius 1 is 1.12 bits per heavy atom. The predicted octanol–water partition coefficient (Wildman–Crippen LogP) is 4.29. The van der Waals surface area contributed by atoms with Gasteiger partial charge in [0.15, 0.2) is 6.10 Å². The molecular weight excluding hydrogens is 375 g/mol. The molecule has 136 valence electrons. The third-order valence-electron chi connectivity index (χ3n) is 3.88. The first-order valence-corrected chi connectivity index (χ1v) is 9.01. The average Bonchev–Trinajstić information content (AvgIpc) is 3.42. The van der Waals surface area contributed by atoms with Crippen molar-refractivity contribution in [3.63, 3.8) is 0 Å². The standard InChI is InChI=1S/C19H18Cl2N2O3/c1-11(26-15-7-8-16(20)17(21)10-15)18(24)23-14-4-2-3-12(9-14)19(25)22-13-5-6-13/h2-4,7-11,13H,5-6H2,1H3,(H,22,25)(H,23,24). The number of rotatable bonds is 6. The third kappa shape index (κ3) is 4.90. The summed E-state index contributed by atoms with van der Waals surface area (Å²) in [4.78, 5) is 24.4. The molecule has 0 heterocycles. The highest BCUT2D eigenvalue weighted by molar-refractivity contribution is 6.42. The van der Waals surface area contributed by atoms with Gasteiger partial charge in [0.05, 0.1) is 10.0 Å². The van der Waals surface area contributed by atoms with Crippen molar-refractivity contribution in [3.05, 3.63) is 58.1 Å². The Morgan fingerprint density at radius 3 is 2.58 bits per heavy atom. The van der Waals surface area contributed by atoms with Crippen LogP contribution in [0.15, 0.2) is 42.5 Å². The minimum atomic E-state index is -0.754. The molecule has 0 radical (unpaired) electrons. The van der Waals surface area contributed by atoms with Crippen molar-refractivity contribution in [1.29, 1.82) is 0 Å². The molecule has 1 saturated carbocycles. The fourth-order valence-electron chi connectivity index (χ4n) is 2.29. The van der Waals surface area contributed by atoms with Crippen LogP contribution in [0.4, 0.5) is 5.69 Å². The number of carbonyl (C=O) groups is 2. The molecule has 2 N–H and O–H groups in total. The van der Waals surface area contributed by atoms with Crippen molar-refractivity contribution in [3.8, 4) is 5.75 Å². The summed E-state index contributed by atoms with van der Waals surface area (Å²) in [6.07, 6.45) is 1.29. The summed E-state index contributed by atoms with van der Waals surface area (Å²) in [5.41, 5.74) is 1.04. The second-order valence-corrected chi connectivity index (χ2v) is 6.97. The number of hydrogen-bond donors (Lipinski definition) is 2. The van der Waals surface area contributed by atoms with E-state index in [0.29, 0.717) is 27.0 Å². The Morgan fingerprint density at radius 2 is 1.88 bits per heavy atom. The van der Waals surface area contributed by atoms with Crippen LogP contribution in [0, 0.1) is 0 Å². The van der Waals surface area contributed by atoms with Gasteiger partial charge in [0.1, 0.15) is 5.75 Å². The molecule has 3 rings (SSSR count). The average molecular weight is 393 g/mol. The van der Waals surface area contributed by atoms with E-state index in [1.165, 1.54) is 0 Å². The maximum absolute atomic E-state index is 12.3. The molecule has 0 spiro atoms. The van der Waals surface area contributed by atoms with Crippen LogP contribution < -0.4 is 15.4 Å². The quantitative estimate of drug-likeness (QED) is 0.770. The van der Waals surface area contributed by atoms with E-state index in [1.807, 2.05) is 0 Å². The van der Waals surface area contributed by atoms with Gasteiger partial charge in [-0.05, 0) is 50.1 Å². The number of hydrogen-bond acceptors (Lipinski definition) is 3. The maximum atomic E-state index is 12.3. The molecule has 0 saturated heterocycles. The predicted molar refractivity (Wildman–Crippen MR) is 102 cm³/mol. The summed E-state index contributed by atoms with van der Waals surface area (Å²) < 4.78 is 5.59. The zero-order valence-electron chi connectivity index (χ0n) is 14.1. The number of carbonyl (C=O) groups excluding carboxylic acids is 2. The minimum Gasteiger partial charge on any atom is -0.481 e. The van der Waals surface area contributed by atoms with Crippen LogP contribution >= 0.6 is 23.2 Å². The number of halogens is 2. The number of ether oxygens (including phenoxy) is 1. The fraction of sp³-hybridized carbons (Fsp3) is 0.263. The zero-order chi connectivity index (χ0) is 18.7. The molecule has 0 bridgehead atoms. The van der Waals surface area contributed by atoms with Crippen molar-refractivity contribution in [2.75, 3.05) is 5.32 Å². The summed E-state index contributed by atoms with van der Waals surface area (Å²) in [6.45, 7) is 1.63. The van der Waals surface area contributed by atoms with Gasteiger partial charge < -0.3 is 15.4 Å². The monoisotopic (exact) mass is 392 g/mol. The lowest BCUT2D eigenvalue weighted by Crippen LogP contribution is -2.30. The molecule has 2 aromatic carbocycles. The SMILES string of the molecule is CC(Oc1ccc(Cl)c(Cl)c1)C(=O)Nc1cccc(C(=O)NC2CC2)c1.